The molecule has 2 rings (SSSR count). The van der Waals surface area contributed by atoms with Crippen LogP contribution in [0.4, 0.5) is 0 Å². The lowest BCUT2D eigenvalue weighted by Crippen LogP contribution is -2.28. The first kappa shape index (κ1) is 9.47. The van der Waals surface area contributed by atoms with E-state index in [0.717, 1.165) is 25.0 Å². The van der Waals surface area contributed by atoms with E-state index in [2.05, 4.69) is 5.32 Å². The Hall–Kier alpha value is -0.0800. The van der Waals surface area contributed by atoms with E-state index in [4.69, 9.17) is 4.74 Å². The lowest BCUT2D eigenvalue weighted by molar-refractivity contribution is 0.0663. The van der Waals surface area contributed by atoms with Gasteiger partial charge in [-0.25, -0.2) is 0 Å². The van der Waals surface area contributed by atoms with Crippen LogP contribution in [0, 0.1) is 11.8 Å². The maximum atomic E-state index is 5.33. The van der Waals surface area contributed by atoms with Gasteiger partial charge >= 0.3 is 0 Å². The maximum Gasteiger partial charge on any atom is 0.0469 e. The fourth-order valence-electron chi connectivity index (χ4n) is 1.97. The molecule has 76 valence electrons. The predicted octanol–water partition coefficient (Wildman–Crippen LogP) is 1.80. The van der Waals surface area contributed by atoms with Gasteiger partial charge in [0, 0.05) is 13.2 Å². The average molecular weight is 183 g/mol. The van der Waals surface area contributed by atoms with E-state index in [1.165, 1.54) is 45.2 Å². The number of hydrogen-bond donors (Lipinski definition) is 1. The molecule has 0 aromatic heterocycles. The third-order valence-electron chi connectivity index (χ3n) is 3.20. The van der Waals surface area contributed by atoms with Crippen molar-refractivity contribution < 1.29 is 4.74 Å². The second-order valence-corrected chi connectivity index (χ2v) is 4.49. The van der Waals surface area contributed by atoms with Gasteiger partial charge in [0.2, 0.25) is 0 Å². The molecule has 0 radical (unpaired) electrons. The molecule has 0 unspecified atom stereocenters. The third kappa shape index (κ3) is 3.65. The second kappa shape index (κ2) is 4.97. The lowest BCUT2D eigenvalue weighted by Gasteiger charge is -2.22. The van der Waals surface area contributed by atoms with Gasteiger partial charge in [-0.05, 0) is 44.2 Å². The Kier molecular flexibility index (Phi) is 3.62. The first-order valence-electron chi connectivity index (χ1n) is 5.73. The minimum atomic E-state index is 0.882. The summed E-state index contributed by atoms with van der Waals surface area (Å²) in [7, 11) is 0. The predicted molar refractivity (Wildman–Crippen MR) is 53.8 cm³/mol. The zero-order valence-corrected chi connectivity index (χ0v) is 8.43. The Morgan fingerprint density at radius 3 is 2.46 bits per heavy atom. The van der Waals surface area contributed by atoms with Crippen LogP contribution in [0.3, 0.4) is 0 Å². The molecule has 1 saturated carbocycles. The van der Waals surface area contributed by atoms with E-state index >= 15 is 0 Å². The Bertz CT molecular complexity index is 139. The van der Waals surface area contributed by atoms with E-state index in [1.54, 1.807) is 0 Å². The van der Waals surface area contributed by atoms with Crippen LogP contribution in [-0.4, -0.2) is 26.3 Å². The van der Waals surface area contributed by atoms with Crippen LogP contribution in [0.25, 0.3) is 0 Å². The van der Waals surface area contributed by atoms with Gasteiger partial charge in [-0.15, -0.1) is 0 Å². The summed E-state index contributed by atoms with van der Waals surface area (Å²) in [5.41, 5.74) is 0. The van der Waals surface area contributed by atoms with Crippen molar-refractivity contribution in [3.63, 3.8) is 0 Å². The summed E-state index contributed by atoms with van der Waals surface area (Å²) in [5, 5.41) is 3.57. The quantitative estimate of drug-likeness (QED) is 0.656. The van der Waals surface area contributed by atoms with E-state index in [9.17, 15) is 0 Å². The van der Waals surface area contributed by atoms with Gasteiger partial charge in [0.15, 0.2) is 0 Å². The molecule has 0 aromatic carbocycles. The summed E-state index contributed by atoms with van der Waals surface area (Å²) in [5.74, 6) is 1.95. The monoisotopic (exact) mass is 183 g/mol. The van der Waals surface area contributed by atoms with Crippen LogP contribution < -0.4 is 5.32 Å². The van der Waals surface area contributed by atoms with E-state index in [-0.39, 0.29) is 0 Å². The third-order valence-corrected chi connectivity index (χ3v) is 3.20. The summed E-state index contributed by atoms with van der Waals surface area (Å²) in [6.07, 6.45) is 6.90. The summed E-state index contributed by atoms with van der Waals surface area (Å²) in [6, 6.07) is 0. The van der Waals surface area contributed by atoms with Crippen LogP contribution >= 0.6 is 0 Å². The standard InChI is InChI=1S/C11H21NO/c1-2-10(1)3-6-12-9-11-4-7-13-8-5-11/h10-12H,1-9H2. The molecule has 1 aliphatic carbocycles. The van der Waals surface area contributed by atoms with Gasteiger partial charge in [0.25, 0.3) is 0 Å². The van der Waals surface area contributed by atoms with Crippen LogP contribution in [0.1, 0.15) is 32.1 Å². The highest BCUT2D eigenvalue weighted by Crippen LogP contribution is 2.31. The normalized spacial score (nSPS) is 24.9. The number of nitrogens with one attached hydrogen (secondary N) is 1. The molecule has 2 heteroatoms. The fraction of sp³-hybridized carbons (Fsp3) is 1.00. The van der Waals surface area contributed by atoms with Crippen molar-refractivity contribution in [2.24, 2.45) is 11.8 Å². The van der Waals surface area contributed by atoms with Crippen molar-refractivity contribution in [1.82, 2.24) is 5.32 Å². The molecule has 2 nitrogen and oxygen atoms in total. The summed E-state index contributed by atoms with van der Waals surface area (Å²) in [4.78, 5) is 0. The lowest BCUT2D eigenvalue weighted by atomic mass is 10.0. The molecule has 0 spiro atoms. The number of ether oxygens (including phenoxy) is 1. The van der Waals surface area contributed by atoms with Gasteiger partial charge in [-0.1, -0.05) is 12.8 Å². The summed E-state index contributed by atoms with van der Waals surface area (Å²) >= 11 is 0. The molecule has 0 bridgehead atoms. The van der Waals surface area contributed by atoms with Crippen molar-refractivity contribution in [2.45, 2.75) is 32.1 Å². The largest absolute Gasteiger partial charge is 0.381 e. The van der Waals surface area contributed by atoms with Gasteiger partial charge in [-0.3, -0.25) is 0 Å². The molecular weight excluding hydrogens is 162 g/mol. The van der Waals surface area contributed by atoms with Gasteiger partial charge in [-0.2, -0.15) is 0 Å². The van der Waals surface area contributed by atoms with Crippen molar-refractivity contribution in [3.8, 4) is 0 Å². The molecular formula is C11H21NO. The maximum absolute atomic E-state index is 5.33. The minimum absolute atomic E-state index is 0.882. The Balaban J connectivity index is 1.46. The fourth-order valence-corrected chi connectivity index (χ4v) is 1.97. The molecule has 1 saturated heterocycles. The van der Waals surface area contributed by atoms with Gasteiger partial charge in [0.1, 0.15) is 0 Å². The zero-order valence-electron chi connectivity index (χ0n) is 8.43. The minimum Gasteiger partial charge on any atom is -0.381 e. The highest BCUT2D eigenvalue weighted by atomic mass is 16.5. The smallest absolute Gasteiger partial charge is 0.0469 e. The van der Waals surface area contributed by atoms with Crippen LogP contribution in [0.2, 0.25) is 0 Å². The molecule has 2 aliphatic rings. The van der Waals surface area contributed by atoms with Gasteiger partial charge < -0.3 is 10.1 Å². The number of hydrogen-bond acceptors (Lipinski definition) is 2. The van der Waals surface area contributed by atoms with Gasteiger partial charge in [0.05, 0.1) is 0 Å². The molecule has 0 atom stereocenters. The Morgan fingerprint density at radius 1 is 1.00 bits per heavy atom. The first-order valence-corrected chi connectivity index (χ1v) is 5.73. The first-order chi connectivity index (χ1) is 6.45. The van der Waals surface area contributed by atoms with E-state index in [0.29, 0.717) is 0 Å². The van der Waals surface area contributed by atoms with E-state index < -0.39 is 0 Å². The Morgan fingerprint density at radius 2 is 1.77 bits per heavy atom. The zero-order chi connectivity index (χ0) is 8.93. The highest BCUT2D eigenvalue weighted by Gasteiger charge is 2.20. The Labute approximate surface area is 81.0 Å². The van der Waals surface area contributed by atoms with Crippen molar-refractivity contribution in [2.75, 3.05) is 26.3 Å². The molecule has 1 N–H and O–H groups in total. The van der Waals surface area contributed by atoms with Crippen LogP contribution in [0.5, 0.6) is 0 Å². The highest BCUT2D eigenvalue weighted by molar-refractivity contribution is 4.74. The summed E-state index contributed by atoms with van der Waals surface area (Å²) in [6.45, 7) is 4.42. The molecule has 0 amide bonds. The average Bonchev–Trinajstić information content (AvgIpc) is 2.98. The van der Waals surface area contributed by atoms with Crippen molar-refractivity contribution >= 4 is 0 Å². The van der Waals surface area contributed by atoms with Crippen LogP contribution in [-0.2, 0) is 4.74 Å². The molecule has 13 heavy (non-hydrogen) atoms. The molecule has 1 heterocycles. The van der Waals surface area contributed by atoms with Crippen molar-refractivity contribution in [3.05, 3.63) is 0 Å². The molecule has 0 aromatic rings. The van der Waals surface area contributed by atoms with Crippen LogP contribution in [0.15, 0.2) is 0 Å². The summed E-state index contributed by atoms with van der Waals surface area (Å²) < 4.78 is 5.33. The molecule has 1 aliphatic heterocycles. The molecule has 2 fully saturated rings. The number of rotatable bonds is 5. The second-order valence-electron chi connectivity index (χ2n) is 4.49. The van der Waals surface area contributed by atoms with E-state index in [1.807, 2.05) is 0 Å². The van der Waals surface area contributed by atoms with Crippen molar-refractivity contribution in [1.29, 1.82) is 0 Å². The topological polar surface area (TPSA) is 21.3 Å². The SMILES string of the molecule is C(CC1CC1)NCC1CCOCC1.